The molecule has 1 aliphatic heterocycles. The third-order valence-corrected chi connectivity index (χ3v) is 5.54. The van der Waals surface area contributed by atoms with Crippen molar-refractivity contribution < 1.29 is 23.4 Å². The number of carboxylic acid groups (broad SMARTS) is 1. The average Bonchev–Trinajstić information content (AvgIpc) is 2.43. The Morgan fingerprint density at radius 1 is 1.35 bits per heavy atom. The van der Waals surface area contributed by atoms with Crippen molar-refractivity contribution in [2.75, 3.05) is 33.3 Å². The number of hydrogen-bond donors (Lipinski definition) is 2. The second-order valence-corrected chi connectivity index (χ2v) is 7.18. The van der Waals surface area contributed by atoms with Crippen molar-refractivity contribution in [3.8, 4) is 0 Å². The van der Waals surface area contributed by atoms with Gasteiger partial charge < -0.3 is 10.2 Å². The average molecular weight is 308 g/mol. The van der Waals surface area contributed by atoms with Crippen molar-refractivity contribution in [3.63, 3.8) is 0 Å². The van der Waals surface area contributed by atoms with Gasteiger partial charge in [0.25, 0.3) is 10.2 Å². The van der Waals surface area contributed by atoms with E-state index in [4.69, 9.17) is 10.2 Å². The summed E-state index contributed by atoms with van der Waals surface area (Å²) in [4.78, 5) is 11.0. The second-order valence-electron chi connectivity index (χ2n) is 5.15. The van der Waals surface area contributed by atoms with E-state index in [2.05, 4.69) is 0 Å². The smallest absolute Gasteiger partial charge is 0.307 e. The van der Waals surface area contributed by atoms with E-state index in [0.29, 0.717) is 38.8 Å². The summed E-state index contributed by atoms with van der Waals surface area (Å²) < 4.78 is 27.2. The Hall–Kier alpha value is -0.700. The lowest BCUT2D eigenvalue weighted by Crippen LogP contribution is -2.48. The highest BCUT2D eigenvalue weighted by molar-refractivity contribution is 7.86. The van der Waals surface area contributed by atoms with Gasteiger partial charge in [0.05, 0.1) is 5.92 Å². The van der Waals surface area contributed by atoms with Gasteiger partial charge in [-0.25, -0.2) is 0 Å². The van der Waals surface area contributed by atoms with Crippen LogP contribution in [0.1, 0.15) is 32.1 Å². The number of carboxylic acids is 1. The molecule has 0 radical (unpaired) electrons. The zero-order valence-corrected chi connectivity index (χ0v) is 12.7. The maximum absolute atomic E-state index is 12.3. The Kier molecular flexibility index (Phi) is 6.87. The second kappa shape index (κ2) is 7.92. The van der Waals surface area contributed by atoms with Crippen LogP contribution in [0.25, 0.3) is 0 Å². The molecule has 0 aromatic carbocycles. The fraction of sp³-hybridized carbons (Fsp3) is 0.917. The largest absolute Gasteiger partial charge is 0.481 e. The highest BCUT2D eigenvalue weighted by Gasteiger charge is 2.34. The normalized spacial score (nSPS) is 21.2. The molecule has 0 saturated carbocycles. The molecule has 1 rings (SSSR count). The number of aliphatic hydroxyl groups excluding tert-OH is 1. The summed E-state index contributed by atoms with van der Waals surface area (Å²) >= 11 is 0. The van der Waals surface area contributed by atoms with Gasteiger partial charge in [-0.3, -0.25) is 4.79 Å². The van der Waals surface area contributed by atoms with Gasteiger partial charge in [0.1, 0.15) is 0 Å². The number of rotatable bonds is 8. The van der Waals surface area contributed by atoms with Crippen LogP contribution in [-0.4, -0.2) is 66.5 Å². The molecule has 118 valence electrons. The lowest BCUT2D eigenvalue weighted by molar-refractivity contribution is -0.142. The fourth-order valence-electron chi connectivity index (χ4n) is 2.29. The monoisotopic (exact) mass is 308 g/mol. The zero-order valence-electron chi connectivity index (χ0n) is 11.9. The number of piperidine rings is 1. The van der Waals surface area contributed by atoms with E-state index in [0.717, 1.165) is 6.42 Å². The van der Waals surface area contributed by atoms with Crippen LogP contribution in [0.2, 0.25) is 0 Å². The van der Waals surface area contributed by atoms with Gasteiger partial charge in [0.2, 0.25) is 0 Å². The molecular weight excluding hydrogens is 284 g/mol. The van der Waals surface area contributed by atoms with Gasteiger partial charge in [0.15, 0.2) is 0 Å². The van der Waals surface area contributed by atoms with E-state index in [-0.39, 0.29) is 13.2 Å². The molecule has 1 unspecified atom stereocenters. The molecule has 0 bridgehead atoms. The number of nitrogens with zero attached hydrogens (tertiary/aromatic N) is 2. The summed E-state index contributed by atoms with van der Waals surface area (Å²) in [5.74, 6) is -1.54. The van der Waals surface area contributed by atoms with Crippen LogP contribution in [0, 0.1) is 5.92 Å². The van der Waals surface area contributed by atoms with E-state index in [1.165, 1.54) is 15.7 Å². The van der Waals surface area contributed by atoms with Crippen LogP contribution in [0.3, 0.4) is 0 Å². The maximum atomic E-state index is 12.3. The SMILES string of the molecule is CN(CCCCCO)S(=O)(=O)N1CCCC(C(=O)O)C1. The lowest BCUT2D eigenvalue weighted by atomic mass is 10.0. The topological polar surface area (TPSA) is 98.2 Å². The minimum atomic E-state index is -3.57. The van der Waals surface area contributed by atoms with Gasteiger partial charge in [0, 0.05) is 33.3 Å². The fourth-order valence-corrected chi connectivity index (χ4v) is 3.77. The van der Waals surface area contributed by atoms with Gasteiger partial charge in [-0.2, -0.15) is 17.0 Å². The van der Waals surface area contributed by atoms with E-state index in [9.17, 15) is 13.2 Å². The van der Waals surface area contributed by atoms with E-state index >= 15 is 0 Å². The zero-order chi connectivity index (χ0) is 15.2. The van der Waals surface area contributed by atoms with Crippen LogP contribution < -0.4 is 0 Å². The van der Waals surface area contributed by atoms with Crippen LogP contribution in [0.5, 0.6) is 0 Å². The molecule has 8 heteroatoms. The summed E-state index contributed by atoms with van der Waals surface area (Å²) in [7, 11) is -2.06. The molecule has 1 heterocycles. The van der Waals surface area contributed by atoms with E-state index in [1.807, 2.05) is 0 Å². The number of aliphatic hydroxyl groups is 1. The standard InChI is InChI=1S/C12H24N2O5S/c1-13(7-3-2-4-9-15)20(18,19)14-8-5-6-11(10-14)12(16)17/h11,15H,2-10H2,1H3,(H,16,17). The predicted octanol–water partition coefficient (Wildman–Crippen LogP) is 0.122. The first-order valence-corrected chi connectivity index (χ1v) is 8.34. The van der Waals surface area contributed by atoms with Gasteiger partial charge in [-0.15, -0.1) is 0 Å². The molecule has 1 aliphatic rings. The minimum absolute atomic E-state index is 0.0542. The van der Waals surface area contributed by atoms with E-state index in [1.54, 1.807) is 0 Å². The summed E-state index contributed by atoms with van der Waals surface area (Å²) in [5, 5.41) is 17.7. The molecule has 1 saturated heterocycles. The maximum Gasteiger partial charge on any atom is 0.307 e. The van der Waals surface area contributed by atoms with Crippen LogP contribution in [-0.2, 0) is 15.0 Å². The molecular formula is C12H24N2O5S. The van der Waals surface area contributed by atoms with E-state index < -0.39 is 22.1 Å². The third kappa shape index (κ3) is 4.69. The molecule has 20 heavy (non-hydrogen) atoms. The minimum Gasteiger partial charge on any atom is -0.481 e. The van der Waals surface area contributed by atoms with Crippen molar-refractivity contribution in [3.05, 3.63) is 0 Å². The quantitative estimate of drug-likeness (QED) is 0.621. The Labute approximate surface area is 120 Å². The van der Waals surface area contributed by atoms with Crippen molar-refractivity contribution in [2.45, 2.75) is 32.1 Å². The highest BCUT2D eigenvalue weighted by Crippen LogP contribution is 2.21. The van der Waals surface area contributed by atoms with Crippen LogP contribution >= 0.6 is 0 Å². The summed E-state index contributed by atoms with van der Waals surface area (Å²) in [5.41, 5.74) is 0. The number of unbranched alkanes of at least 4 members (excludes halogenated alkanes) is 2. The molecule has 0 aromatic rings. The molecule has 0 aliphatic carbocycles. The van der Waals surface area contributed by atoms with Crippen molar-refractivity contribution >= 4 is 16.2 Å². The molecule has 2 N–H and O–H groups in total. The Morgan fingerprint density at radius 2 is 2.05 bits per heavy atom. The first-order valence-electron chi connectivity index (χ1n) is 6.94. The molecule has 0 amide bonds. The summed E-state index contributed by atoms with van der Waals surface area (Å²) in [6, 6.07) is 0. The van der Waals surface area contributed by atoms with Gasteiger partial charge in [-0.1, -0.05) is 0 Å². The first kappa shape index (κ1) is 17.4. The Bertz CT molecular complexity index is 412. The summed E-state index contributed by atoms with van der Waals surface area (Å²) in [6.07, 6.45) is 3.23. The number of aliphatic carboxylic acids is 1. The highest BCUT2D eigenvalue weighted by atomic mass is 32.2. The lowest BCUT2D eigenvalue weighted by Gasteiger charge is -2.32. The Morgan fingerprint density at radius 3 is 2.65 bits per heavy atom. The van der Waals surface area contributed by atoms with Crippen LogP contribution in [0.4, 0.5) is 0 Å². The van der Waals surface area contributed by atoms with Gasteiger partial charge >= 0.3 is 5.97 Å². The molecule has 7 nitrogen and oxygen atoms in total. The summed E-state index contributed by atoms with van der Waals surface area (Å²) in [6.45, 7) is 0.936. The van der Waals surface area contributed by atoms with Gasteiger partial charge in [-0.05, 0) is 32.1 Å². The van der Waals surface area contributed by atoms with Crippen LogP contribution in [0.15, 0.2) is 0 Å². The van der Waals surface area contributed by atoms with Crippen molar-refractivity contribution in [1.82, 2.24) is 8.61 Å². The van der Waals surface area contributed by atoms with Crippen molar-refractivity contribution in [1.29, 1.82) is 0 Å². The molecule has 1 fully saturated rings. The number of carbonyl (C=O) groups is 1. The predicted molar refractivity (Wildman–Crippen MR) is 74.4 cm³/mol. The first-order chi connectivity index (χ1) is 9.39. The molecule has 0 aromatic heterocycles. The molecule has 0 spiro atoms. The third-order valence-electron chi connectivity index (χ3n) is 3.58. The number of hydrogen-bond acceptors (Lipinski definition) is 4. The van der Waals surface area contributed by atoms with Crippen molar-refractivity contribution in [2.24, 2.45) is 5.92 Å². The molecule has 1 atom stereocenters. The Balaban J connectivity index is 2.55.